The summed E-state index contributed by atoms with van der Waals surface area (Å²) in [5.74, 6) is -0.705. The molecule has 0 radical (unpaired) electrons. The number of carbonyl (C=O) groups is 2. The van der Waals surface area contributed by atoms with Gasteiger partial charge in [0.1, 0.15) is 0 Å². The number of hydrogen-bond donors (Lipinski definition) is 2. The molecule has 0 aliphatic carbocycles. The second kappa shape index (κ2) is 8.34. The molecule has 0 bridgehead atoms. The van der Waals surface area contributed by atoms with E-state index in [2.05, 4.69) is 26.6 Å². The van der Waals surface area contributed by atoms with Crippen LogP contribution in [-0.4, -0.2) is 16.6 Å². The third kappa shape index (κ3) is 5.00. The van der Waals surface area contributed by atoms with Crippen molar-refractivity contribution in [3.63, 3.8) is 0 Å². The van der Waals surface area contributed by atoms with E-state index in [1.165, 1.54) is 0 Å². The average molecular weight is 361 g/mol. The van der Waals surface area contributed by atoms with Crippen molar-refractivity contribution in [1.82, 2.24) is 10.6 Å². The maximum Gasteiger partial charge on any atom is 0.243 e. The molecule has 0 aromatic heterocycles. The number of alkyl halides is 1. The van der Waals surface area contributed by atoms with E-state index < -0.39 is 4.83 Å². The summed E-state index contributed by atoms with van der Waals surface area (Å²) in [6.45, 7) is 0.793. The van der Waals surface area contributed by atoms with Crippen molar-refractivity contribution < 1.29 is 9.59 Å². The third-order valence-corrected chi connectivity index (χ3v) is 3.91. The van der Waals surface area contributed by atoms with E-state index in [1.807, 2.05) is 60.7 Å². The number of hydrogen-bond acceptors (Lipinski definition) is 2. The van der Waals surface area contributed by atoms with Gasteiger partial charge in [0.25, 0.3) is 0 Å². The Hall–Kier alpha value is -2.14. The molecule has 4 nitrogen and oxygen atoms in total. The lowest BCUT2D eigenvalue weighted by Gasteiger charge is -2.11. The van der Waals surface area contributed by atoms with Gasteiger partial charge in [0.15, 0.2) is 4.83 Å². The number of carbonyl (C=O) groups excluding carboxylic acids is 2. The summed E-state index contributed by atoms with van der Waals surface area (Å²) in [6.07, 6.45) is 0. The molecule has 0 heterocycles. The summed E-state index contributed by atoms with van der Waals surface area (Å²) in [7, 11) is 0. The highest BCUT2D eigenvalue weighted by atomic mass is 79.9. The molecule has 2 aromatic rings. The SMILES string of the molecule is O=C(NCc1ccccc1)C(Br)C(=O)NCc1ccccc1. The Morgan fingerprint density at radius 2 is 1.14 bits per heavy atom. The van der Waals surface area contributed by atoms with E-state index in [9.17, 15) is 9.59 Å². The molecule has 2 amide bonds. The molecule has 0 unspecified atom stereocenters. The number of benzene rings is 2. The van der Waals surface area contributed by atoms with Crippen LogP contribution in [0.15, 0.2) is 60.7 Å². The van der Waals surface area contributed by atoms with Gasteiger partial charge >= 0.3 is 0 Å². The van der Waals surface area contributed by atoms with E-state index in [4.69, 9.17) is 0 Å². The normalized spacial score (nSPS) is 10.3. The van der Waals surface area contributed by atoms with E-state index in [1.54, 1.807) is 0 Å². The lowest BCUT2D eigenvalue weighted by molar-refractivity contribution is -0.128. The minimum Gasteiger partial charge on any atom is -0.351 e. The van der Waals surface area contributed by atoms with Gasteiger partial charge in [0.05, 0.1) is 0 Å². The summed E-state index contributed by atoms with van der Waals surface area (Å²) in [6, 6.07) is 19.1. The second-order valence-electron chi connectivity index (χ2n) is 4.77. The first kappa shape index (κ1) is 16.2. The van der Waals surface area contributed by atoms with Gasteiger partial charge in [0, 0.05) is 13.1 Å². The summed E-state index contributed by atoms with van der Waals surface area (Å²) < 4.78 is 0. The van der Waals surface area contributed by atoms with Gasteiger partial charge < -0.3 is 10.6 Å². The fourth-order valence-electron chi connectivity index (χ4n) is 1.87. The number of amides is 2. The fraction of sp³-hybridized carbons (Fsp3) is 0.176. The van der Waals surface area contributed by atoms with Crippen molar-refractivity contribution in [2.45, 2.75) is 17.9 Å². The molecule has 5 heteroatoms. The van der Waals surface area contributed by atoms with Crippen LogP contribution in [0.5, 0.6) is 0 Å². The van der Waals surface area contributed by atoms with Crippen LogP contribution in [0.3, 0.4) is 0 Å². The lowest BCUT2D eigenvalue weighted by atomic mass is 10.2. The molecule has 0 saturated carbocycles. The van der Waals surface area contributed by atoms with Crippen molar-refractivity contribution in [2.75, 3.05) is 0 Å². The Bertz CT molecular complexity index is 562. The van der Waals surface area contributed by atoms with Gasteiger partial charge in [-0.3, -0.25) is 9.59 Å². The van der Waals surface area contributed by atoms with Crippen LogP contribution < -0.4 is 10.6 Å². The van der Waals surface area contributed by atoms with Crippen molar-refractivity contribution >= 4 is 27.7 Å². The highest BCUT2D eigenvalue weighted by molar-refractivity contribution is 9.10. The van der Waals surface area contributed by atoms with Gasteiger partial charge in [-0.05, 0) is 11.1 Å². The highest BCUT2D eigenvalue weighted by Gasteiger charge is 2.22. The van der Waals surface area contributed by atoms with Gasteiger partial charge in [-0.1, -0.05) is 76.6 Å². The van der Waals surface area contributed by atoms with E-state index >= 15 is 0 Å². The molecule has 114 valence electrons. The number of rotatable bonds is 6. The van der Waals surface area contributed by atoms with Crippen LogP contribution in [0.2, 0.25) is 0 Å². The van der Waals surface area contributed by atoms with Gasteiger partial charge in [-0.2, -0.15) is 0 Å². The summed E-state index contributed by atoms with van der Waals surface area (Å²) >= 11 is 3.13. The first-order valence-corrected chi connectivity index (χ1v) is 7.86. The number of nitrogens with one attached hydrogen (secondary N) is 2. The molecule has 22 heavy (non-hydrogen) atoms. The van der Waals surface area contributed by atoms with Crippen LogP contribution in [0.25, 0.3) is 0 Å². The molecule has 2 rings (SSSR count). The predicted molar refractivity (Wildman–Crippen MR) is 89.3 cm³/mol. The van der Waals surface area contributed by atoms with Gasteiger partial charge in [0.2, 0.25) is 11.8 Å². The predicted octanol–water partition coefficient (Wildman–Crippen LogP) is 2.38. The minimum absolute atomic E-state index is 0.352. The molecule has 0 saturated heterocycles. The summed E-state index contributed by atoms with van der Waals surface area (Å²) in [5.41, 5.74) is 1.97. The molecule has 2 aromatic carbocycles. The van der Waals surface area contributed by atoms with Gasteiger partial charge in [-0.25, -0.2) is 0 Å². The average Bonchev–Trinajstić information content (AvgIpc) is 2.58. The Morgan fingerprint density at radius 1 is 0.773 bits per heavy atom. The largest absolute Gasteiger partial charge is 0.351 e. The van der Waals surface area contributed by atoms with E-state index in [0.717, 1.165) is 11.1 Å². The van der Waals surface area contributed by atoms with E-state index in [-0.39, 0.29) is 11.8 Å². The number of halogens is 1. The molecule has 0 spiro atoms. The van der Waals surface area contributed by atoms with Crippen LogP contribution in [-0.2, 0) is 22.7 Å². The first-order valence-electron chi connectivity index (χ1n) is 6.94. The highest BCUT2D eigenvalue weighted by Crippen LogP contribution is 2.04. The zero-order valence-electron chi connectivity index (χ0n) is 12.0. The molecule has 0 atom stereocenters. The Labute approximate surface area is 138 Å². The minimum atomic E-state index is -0.903. The van der Waals surface area contributed by atoms with Crippen LogP contribution in [0.4, 0.5) is 0 Å². The van der Waals surface area contributed by atoms with Crippen molar-refractivity contribution in [1.29, 1.82) is 0 Å². The Balaban J connectivity index is 1.78. The van der Waals surface area contributed by atoms with Crippen molar-refractivity contribution in [2.24, 2.45) is 0 Å². The first-order chi connectivity index (χ1) is 10.7. The monoisotopic (exact) mass is 360 g/mol. The maximum atomic E-state index is 12.0. The van der Waals surface area contributed by atoms with Crippen LogP contribution in [0.1, 0.15) is 11.1 Å². The van der Waals surface area contributed by atoms with E-state index in [0.29, 0.717) is 13.1 Å². The van der Waals surface area contributed by atoms with Crippen molar-refractivity contribution in [3.8, 4) is 0 Å². The molecule has 2 N–H and O–H groups in total. The Morgan fingerprint density at radius 3 is 1.50 bits per heavy atom. The fourth-order valence-corrected chi connectivity index (χ4v) is 2.19. The van der Waals surface area contributed by atoms with Crippen LogP contribution >= 0.6 is 15.9 Å². The lowest BCUT2D eigenvalue weighted by Crippen LogP contribution is -2.41. The third-order valence-electron chi connectivity index (χ3n) is 3.08. The quantitative estimate of drug-likeness (QED) is 0.613. The topological polar surface area (TPSA) is 58.2 Å². The molecule has 0 fully saturated rings. The maximum absolute atomic E-state index is 12.0. The van der Waals surface area contributed by atoms with Crippen LogP contribution in [0, 0.1) is 0 Å². The Kier molecular flexibility index (Phi) is 6.15. The molecular formula is C17H17BrN2O2. The molecule has 0 aliphatic rings. The zero-order valence-corrected chi connectivity index (χ0v) is 13.5. The zero-order chi connectivity index (χ0) is 15.8. The molecular weight excluding hydrogens is 344 g/mol. The molecule has 0 aliphatic heterocycles. The van der Waals surface area contributed by atoms with Crippen molar-refractivity contribution in [3.05, 3.63) is 71.8 Å². The summed E-state index contributed by atoms with van der Waals surface area (Å²) in [4.78, 5) is 23.0. The summed E-state index contributed by atoms with van der Waals surface area (Å²) in [5, 5.41) is 5.46. The second-order valence-corrected chi connectivity index (χ2v) is 5.69. The smallest absolute Gasteiger partial charge is 0.243 e. The van der Waals surface area contributed by atoms with Gasteiger partial charge in [-0.15, -0.1) is 0 Å². The standard InChI is InChI=1S/C17H17BrN2O2/c18-15(16(21)19-11-13-7-3-1-4-8-13)17(22)20-12-14-9-5-2-6-10-14/h1-10,15H,11-12H2,(H,19,21)(H,20,22).